The van der Waals surface area contributed by atoms with E-state index in [1.165, 1.54) is 12.5 Å². The van der Waals surface area contributed by atoms with Crippen LogP contribution < -0.4 is 0 Å². The molecule has 25 heteroatoms. The van der Waals surface area contributed by atoms with Crippen molar-refractivity contribution in [3.63, 3.8) is 0 Å². The van der Waals surface area contributed by atoms with Crippen molar-refractivity contribution in [1.82, 2.24) is 0 Å². The van der Waals surface area contributed by atoms with Crippen LogP contribution in [0.25, 0.3) is 0 Å². The molecule has 10 aliphatic rings. The van der Waals surface area contributed by atoms with Crippen molar-refractivity contribution in [2.24, 2.45) is 44.8 Å². The lowest BCUT2D eigenvalue weighted by atomic mass is 9.34. The molecule has 4 saturated carbocycles. The van der Waals surface area contributed by atoms with Crippen LogP contribution in [-0.4, -0.2) is 251 Å². The van der Waals surface area contributed by atoms with Crippen LogP contribution in [0.15, 0.2) is 23.8 Å². The van der Waals surface area contributed by atoms with E-state index in [9.17, 15) is 71.5 Å². The lowest BCUT2D eigenvalue weighted by Crippen LogP contribution is -2.66. The molecule has 0 spiro atoms. The number of fused-ring (bicyclic) bond motifs is 7. The molecule has 9 fully saturated rings. The van der Waals surface area contributed by atoms with Gasteiger partial charge >= 0.3 is 5.97 Å². The van der Waals surface area contributed by atoms with Crippen LogP contribution in [-0.2, 0) is 52.2 Å². The zero-order valence-corrected chi connectivity index (χ0v) is 47.5. The van der Waals surface area contributed by atoms with E-state index in [0.29, 0.717) is 38.5 Å². The number of carbonyl (C=O) groups excluding carboxylic acids is 1. The first-order chi connectivity index (χ1) is 38.5. The highest BCUT2D eigenvalue weighted by molar-refractivity contribution is 5.79. The zero-order chi connectivity index (χ0) is 59.5. The highest BCUT2D eigenvalue weighted by Crippen LogP contribution is 2.75. The van der Waals surface area contributed by atoms with E-state index in [1.807, 2.05) is 0 Å². The number of allylic oxidation sites excluding steroid dienone is 3. The molecular weight excluding hydrogens is 1080 g/mol. The molecule has 5 aliphatic heterocycles. The van der Waals surface area contributed by atoms with Gasteiger partial charge < -0.3 is 119 Å². The average molecular weight is 1180 g/mol. The minimum atomic E-state index is -1.89. The first kappa shape index (κ1) is 63.1. The van der Waals surface area contributed by atoms with E-state index < -0.39 is 171 Å². The van der Waals surface area contributed by atoms with Gasteiger partial charge in [-0.3, -0.25) is 4.79 Å². The molecule has 25 nitrogen and oxygen atoms in total. The Balaban J connectivity index is 0.803. The van der Waals surface area contributed by atoms with Crippen molar-refractivity contribution >= 4 is 5.97 Å². The normalized spacial score (nSPS) is 54.1. The van der Waals surface area contributed by atoms with Gasteiger partial charge in [0.25, 0.3) is 0 Å². The topological polar surface area (TPSA) is 393 Å². The molecule has 0 aromatic heterocycles. The Morgan fingerprint density at radius 2 is 1.15 bits per heavy atom. The Morgan fingerprint density at radius 1 is 0.585 bits per heavy atom. The number of esters is 1. The van der Waals surface area contributed by atoms with Gasteiger partial charge in [0.2, 0.25) is 6.29 Å². The second-order valence-corrected chi connectivity index (χ2v) is 26.8. The Kier molecular flexibility index (Phi) is 18.1. The van der Waals surface area contributed by atoms with Crippen LogP contribution in [0.1, 0.15) is 106 Å². The number of ether oxygens (including phenoxy) is 10. The summed E-state index contributed by atoms with van der Waals surface area (Å²) in [4.78, 5) is 15.1. The summed E-state index contributed by atoms with van der Waals surface area (Å²) in [7, 11) is 0. The molecular formula is C57H90O25. The molecule has 82 heavy (non-hydrogen) atoms. The van der Waals surface area contributed by atoms with Crippen molar-refractivity contribution < 1.29 is 124 Å². The Morgan fingerprint density at radius 3 is 1.79 bits per heavy atom. The van der Waals surface area contributed by atoms with E-state index in [2.05, 4.69) is 47.3 Å². The van der Waals surface area contributed by atoms with Gasteiger partial charge in [0, 0.05) is 5.92 Å². The molecule has 0 aromatic carbocycles. The van der Waals surface area contributed by atoms with Crippen LogP contribution in [0.5, 0.6) is 0 Å². The maximum absolute atomic E-state index is 15.1. The first-order valence-electron chi connectivity index (χ1n) is 29.4. The molecule has 14 N–H and O–H groups in total. The summed E-state index contributed by atoms with van der Waals surface area (Å²) in [5, 5.41) is 150. The van der Waals surface area contributed by atoms with E-state index in [0.717, 1.165) is 31.3 Å². The summed E-state index contributed by atoms with van der Waals surface area (Å²) in [5.74, 6) is -0.537. The van der Waals surface area contributed by atoms with E-state index in [-0.39, 0.29) is 53.3 Å². The van der Waals surface area contributed by atoms with Crippen molar-refractivity contribution in [3.05, 3.63) is 23.8 Å². The number of aliphatic hydroxyl groups excluding tert-OH is 14. The highest BCUT2D eigenvalue weighted by Gasteiger charge is 2.70. The second kappa shape index (κ2) is 23.5. The number of carbonyl (C=O) groups is 1. The standard InChI is InChI=1S/C57H90O25/c1-23-10-15-57(52(72)82-51-44(70)40(66)37(63)30(79-51)22-76-48-43(69)39(65)36(62)29(78-48)21-75-47-42(68)38(64)34(60)24(2)77-47)17-16-55(6)25(26(57)18-23)8-9-32-54(5)13-12-33(53(3,4)31(54)11-14-56(32,55)7)80-50-45(71)46(28(59)20-74-50)81-49-41(67)35(61)27(58)19-73-49/h8,24,26-51,58-71H,1,9-22H2,2-7H3/t24-,26-,27-,28-,29+,30+,31+,32+,33-,34-,35-,36+,37+,38+,39-,40-,41+,42+,43+,44+,45+,46-,47+,48+,49-,50-,51-,54-,55+,56+,57-/m0/s1. The average Bonchev–Trinajstić information content (AvgIpc) is 0.761. The Hall–Kier alpha value is -1.97. The van der Waals surface area contributed by atoms with Crippen LogP contribution in [0.3, 0.4) is 0 Å². The number of hydrogen-bond donors (Lipinski definition) is 14. The molecule has 0 bridgehead atoms. The predicted molar refractivity (Wildman–Crippen MR) is 277 cm³/mol. The van der Waals surface area contributed by atoms with Gasteiger partial charge in [0.05, 0.1) is 44.1 Å². The van der Waals surface area contributed by atoms with Gasteiger partial charge in [-0.25, -0.2) is 0 Å². The van der Waals surface area contributed by atoms with E-state index >= 15 is 4.79 Å². The van der Waals surface area contributed by atoms with Crippen molar-refractivity contribution in [1.29, 1.82) is 0 Å². The molecule has 0 radical (unpaired) electrons. The van der Waals surface area contributed by atoms with Gasteiger partial charge in [-0.15, -0.1) is 0 Å². The number of aliphatic hydroxyl groups is 14. The fourth-order valence-electron chi connectivity index (χ4n) is 16.8. The van der Waals surface area contributed by atoms with Crippen LogP contribution in [0.4, 0.5) is 0 Å². The first-order valence-corrected chi connectivity index (χ1v) is 29.4. The van der Waals surface area contributed by atoms with Crippen molar-refractivity contribution in [2.75, 3.05) is 26.4 Å². The van der Waals surface area contributed by atoms with Gasteiger partial charge in [-0.2, -0.15) is 0 Å². The third kappa shape index (κ3) is 10.6. The summed E-state index contributed by atoms with van der Waals surface area (Å²) < 4.78 is 58.5. The molecule has 10 rings (SSSR count). The van der Waals surface area contributed by atoms with Crippen LogP contribution in [0, 0.1) is 44.8 Å². The summed E-state index contributed by atoms with van der Waals surface area (Å²) in [5.41, 5.74) is -0.0485. The summed E-state index contributed by atoms with van der Waals surface area (Å²) in [6.45, 7) is 15.6. The maximum Gasteiger partial charge on any atom is 0.315 e. The fraction of sp³-hybridized carbons (Fsp3) is 0.912. The van der Waals surface area contributed by atoms with E-state index in [4.69, 9.17) is 47.4 Å². The molecule has 5 saturated heterocycles. The number of rotatable bonds is 12. The van der Waals surface area contributed by atoms with Gasteiger partial charge in [-0.1, -0.05) is 58.4 Å². The lowest BCUT2D eigenvalue weighted by molar-refractivity contribution is -0.346. The summed E-state index contributed by atoms with van der Waals surface area (Å²) in [6.07, 6.45) is -27.1. The molecule has 5 heterocycles. The molecule has 468 valence electrons. The van der Waals surface area contributed by atoms with Gasteiger partial charge in [0.15, 0.2) is 25.2 Å². The molecule has 31 atom stereocenters. The quantitative estimate of drug-likeness (QED) is 0.0551. The molecule has 0 aromatic rings. The third-order valence-electron chi connectivity index (χ3n) is 22.1. The molecule has 5 aliphatic carbocycles. The fourth-order valence-corrected chi connectivity index (χ4v) is 16.8. The van der Waals surface area contributed by atoms with Crippen molar-refractivity contribution in [3.8, 4) is 0 Å². The van der Waals surface area contributed by atoms with Gasteiger partial charge in [0.1, 0.15) is 104 Å². The summed E-state index contributed by atoms with van der Waals surface area (Å²) >= 11 is 0. The number of hydrogen-bond acceptors (Lipinski definition) is 25. The minimum Gasteiger partial charge on any atom is -0.432 e. The molecule has 0 unspecified atom stereocenters. The van der Waals surface area contributed by atoms with Crippen molar-refractivity contribution in [2.45, 2.75) is 253 Å². The van der Waals surface area contributed by atoms with E-state index in [1.54, 1.807) is 0 Å². The van der Waals surface area contributed by atoms with Gasteiger partial charge in [-0.05, 0) is 105 Å². The predicted octanol–water partition coefficient (Wildman–Crippen LogP) is -2.38. The van der Waals surface area contributed by atoms with Crippen LogP contribution in [0.2, 0.25) is 0 Å². The lowest BCUT2D eigenvalue weighted by Gasteiger charge is -2.71. The molecule has 0 amide bonds. The largest absolute Gasteiger partial charge is 0.432 e. The Bertz CT molecular complexity index is 2310. The summed E-state index contributed by atoms with van der Waals surface area (Å²) in [6, 6.07) is 0. The smallest absolute Gasteiger partial charge is 0.315 e. The second-order valence-electron chi connectivity index (χ2n) is 26.8. The maximum atomic E-state index is 15.1. The SMILES string of the molecule is C=C1CC[C@]2(C(=O)O[C@@H]3O[C@H](CO[C@@H]4O[C@H](CO[C@@H]5O[C@@H](C)[C@H](O)[C@@H](O)[C@H]5O)[C@@H](O)[C@H](O)[C@H]4O)[C@@H](O)[C@H](O)[C@H]3O)CC[C@]3(C)C(=CC[C@@H]4[C@@]5(C)CC[C@H](O[C@@H]6OC[C@H](O)[C@H](O[C@@H]7OC[C@H](O)[C@H](O)[C@H]7O)[C@H]6O)C(C)(C)[C@H]5CC[C@]43C)[C@@H]2C1. The third-order valence-corrected chi connectivity index (χ3v) is 22.1. The minimum absolute atomic E-state index is 0.165. The Labute approximate surface area is 476 Å². The monoisotopic (exact) mass is 1170 g/mol. The van der Waals surface area contributed by atoms with Crippen LogP contribution >= 0.6 is 0 Å². The zero-order valence-electron chi connectivity index (χ0n) is 47.5. The highest BCUT2D eigenvalue weighted by atomic mass is 16.8.